The minimum atomic E-state index is -0.488. The van der Waals surface area contributed by atoms with Gasteiger partial charge in [0, 0.05) is 23.4 Å². The summed E-state index contributed by atoms with van der Waals surface area (Å²) in [4.78, 5) is 29.6. The van der Waals surface area contributed by atoms with Crippen molar-refractivity contribution in [1.82, 2.24) is 9.88 Å². The van der Waals surface area contributed by atoms with E-state index >= 15 is 0 Å². The molecule has 0 N–H and O–H groups in total. The van der Waals surface area contributed by atoms with Gasteiger partial charge in [0.25, 0.3) is 5.91 Å². The predicted molar refractivity (Wildman–Crippen MR) is 70.9 cm³/mol. The lowest BCUT2D eigenvalue weighted by atomic mass is 10.2. The quantitative estimate of drug-likeness (QED) is 0.783. The van der Waals surface area contributed by atoms with E-state index in [1.54, 1.807) is 34.5 Å². The van der Waals surface area contributed by atoms with E-state index in [4.69, 9.17) is 4.74 Å². The number of thioether (sulfide) groups is 1. The highest BCUT2D eigenvalue weighted by Gasteiger charge is 2.34. The van der Waals surface area contributed by atoms with E-state index in [0.29, 0.717) is 24.6 Å². The number of amides is 1. The molecule has 1 amide bonds. The van der Waals surface area contributed by atoms with Gasteiger partial charge in [-0.2, -0.15) is 11.8 Å². The number of carbonyl (C=O) groups is 2. The first-order chi connectivity index (χ1) is 8.74. The fourth-order valence-corrected chi connectivity index (χ4v) is 3.30. The van der Waals surface area contributed by atoms with Crippen LogP contribution in [0, 0.1) is 0 Å². The summed E-state index contributed by atoms with van der Waals surface area (Å²) in [6, 6.07) is -0.488. The Morgan fingerprint density at radius 2 is 2.44 bits per heavy atom. The minimum Gasteiger partial charge on any atom is -0.464 e. The molecule has 18 heavy (non-hydrogen) atoms. The van der Waals surface area contributed by atoms with Gasteiger partial charge < -0.3 is 9.64 Å². The molecule has 7 heteroatoms. The molecule has 1 aliphatic heterocycles. The van der Waals surface area contributed by atoms with E-state index in [9.17, 15) is 9.59 Å². The lowest BCUT2D eigenvalue weighted by Crippen LogP contribution is -2.51. The number of esters is 1. The standard InChI is InChI=1S/C11H14N2O3S2/c1-2-16-11(15)9-6-17-4-3-13(9)10(14)8-5-18-7-12-8/h5,7,9H,2-4,6H2,1H3. The van der Waals surface area contributed by atoms with Gasteiger partial charge in [-0.3, -0.25) is 4.79 Å². The molecule has 2 rings (SSSR count). The van der Waals surface area contributed by atoms with Crippen LogP contribution in [0.1, 0.15) is 17.4 Å². The number of carbonyl (C=O) groups excluding carboxylic acids is 2. The molecule has 1 unspecified atom stereocenters. The Kier molecular flexibility index (Phi) is 4.60. The highest BCUT2D eigenvalue weighted by molar-refractivity contribution is 7.99. The Labute approximate surface area is 114 Å². The fourth-order valence-electron chi connectivity index (χ4n) is 1.75. The second-order valence-corrected chi connectivity index (χ2v) is 5.58. The van der Waals surface area contributed by atoms with Crippen LogP contribution in [0.2, 0.25) is 0 Å². The second-order valence-electron chi connectivity index (χ2n) is 3.71. The smallest absolute Gasteiger partial charge is 0.329 e. The van der Waals surface area contributed by atoms with Crippen molar-refractivity contribution < 1.29 is 14.3 Å². The molecule has 1 atom stereocenters. The van der Waals surface area contributed by atoms with Crippen LogP contribution in [0.15, 0.2) is 10.9 Å². The lowest BCUT2D eigenvalue weighted by Gasteiger charge is -2.33. The average Bonchev–Trinajstić information content (AvgIpc) is 2.92. The van der Waals surface area contributed by atoms with Gasteiger partial charge in [0.2, 0.25) is 0 Å². The molecule has 0 aliphatic carbocycles. The fraction of sp³-hybridized carbons (Fsp3) is 0.545. The first-order valence-corrected chi connectivity index (χ1v) is 7.77. The summed E-state index contributed by atoms with van der Waals surface area (Å²) in [6.45, 7) is 2.66. The first-order valence-electron chi connectivity index (χ1n) is 5.67. The zero-order chi connectivity index (χ0) is 13.0. The summed E-state index contributed by atoms with van der Waals surface area (Å²) in [5.41, 5.74) is 2.02. The van der Waals surface area contributed by atoms with Gasteiger partial charge in [0.15, 0.2) is 0 Å². The van der Waals surface area contributed by atoms with Crippen LogP contribution in [-0.2, 0) is 9.53 Å². The number of ether oxygens (including phenoxy) is 1. The minimum absolute atomic E-state index is 0.186. The second kappa shape index (κ2) is 6.19. The molecule has 0 saturated carbocycles. The van der Waals surface area contributed by atoms with Gasteiger partial charge in [-0.05, 0) is 6.92 Å². The molecule has 0 bridgehead atoms. The summed E-state index contributed by atoms with van der Waals surface area (Å²) < 4.78 is 5.02. The van der Waals surface area contributed by atoms with Crippen LogP contribution in [-0.4, -0.2) is 52.5 Å². The van der Waals surface area contributed by atoms with Crippen LogP contribution in [0.4, 0.5) is 0 Å². The molecule has 1 aromatic heterocycles. The highest BCUT2D eigenvalue weighted by atomic mass is 32.2. The summed E-state index contributed by atoms with van der Waals surface area (Å²) >= 11 is 3.03. The molecule has 1 aliphatic rings. The molecule has 1 fully saturated rings. The molecule has 0 radical (unpaired) electrons. The van der Waals surface area contributed by atoms with E-state index in [1.165, 1.54) is 11.3 Å². The maximum atomic E-state index is 12.2. The van der Waals surface area contributed by atoms with Crippen LogP contribution < -0.4 is 0 Å². The van der Waals surface area contributed by atoms with Crippen molar-refractivity contribution in [2.75, 3.05) is 24.7 Å². The number of hydrogen-bond acceptors (Lipinski definition) is 6. The Hall–Kier alpha value is -1.08. The maximum absolute atomic E-state index is 12.2. The van der Waals surface area contributed by atoms with Crippen LogP contribution in [0.5, 0.6) is 0 Å². The van der Waals surface area contributed by atoms with Crippen LogP contribution in [0.25, 0.3) is 0 Å². The van der Waals surface area contributed by atoms with Crippen molar-refractivity contribution in [1.29, 1.82) is 0 Å². The molecule has 0 spiro atoms. The van der Waals surface area contributed by atoms with Crippen molar-refractivity contribution >= 4 is 35.0 Å². The number of nitrogens with zero attached hydrogens (tertiary/aromatic N) is 2. The van der Waals surface area contributed by atoms with Gasteiger partial charge in [-0.25, -0.2) is 9.78 Å². The molecule has 5 nitrogen and oxygen atoms in total. The van der Waals surface area contributed by atoms with Crippen molar-refractivity contribution in [3.63, 3.8) is 0 Å². The van der Waals surface area contributed by atoms with Crippen molar-refractivity contribution in [2.45, 2.75) is 13.0 Å². The topological polar surface area (TPSA) is 59.5 Å². The highest BCUT2D eigenvalue weighted by Crippen LogP contribution is 2.20. The van der Waals surface area contributed by atoms with Crippen LogP contribution >= 0.6 is 23.1 Å². The molecular formula is C11H14N2O3S2. The van der Waals surface area contributed by atoms with Crippen molar-refractivity contribution in [3.8, 4) is 0 Å². The summed E-state index contributed by atoms with van der Waals surface area (Å²) in [7, 11) is 0. The third-order valence-electron chi connectivity index (χ3n) is 2.60. The van der Waals surface area contributed by atoms with Crippen LogP contribution in [0.3, 0.4) is 0 Å². The Bertz CT molecular complexity index is 422. The molecular weight excluding hydrogens is 272 g/mol. The van der Waals surface area contributed by atoms with E-state index in [2.05, 4.69) is 4.98 Å². The number of hydrogen-bond donors (Lipinski definition) is 0. The molecule has 2 heterocycles. The third-order valence-corrected chi connectivity index (χ3v) is 4.21. The normalized spacial score (nSPS) is 19.6. The van der Waals surface area contributed by atoms with Crippen molar-refractivity contribution in [2.24, 2.45) is 0 Å². The predicted octanol–water partition coefficient (Wildman–Crippen LogP) is 1.26. The van der Waals surface area contributed by atoms with Gasteiger partial charge in [-0.1, -0.05) is 0 Å². The van der Waals surface area contributed by atoms with E-state index in [0.717, 1.165) is 5.75 Å². The number of thiazole rings is 1. The SMILES string of the molecule is CCOC(=O)C1CSCCN1C(=O)c1cscn1. The zero-order valence-electron chi connectivity index (χ0n) is 10.00. The van der Waals surface area contributed by atoms with Gasteiger partial charge in [0.1, 0.15) is 11.7 Å². The first kappa shape index (κ1) is 13.4. The monoisotopic (exact) mass is 286 g/mol. The summed E-state index contributed by atoms with van der Waals surface area (Å²) in [6.07, 6.45) is 0. The molecule has 98 valence electrons. The average molecular weight is 286 g/mol. The van der Waals surface area contributed by atoms with E-state index < -0.39 is 6.04 Å². The molecule has 1 aromatic rings. The summed E-state index contributed by atoms with van der Waals surface area (Å²) in [5.74, 6) is 0.920. The van der Waals surface area contributed by atoms with Gasteiger partial charge in [0.05, 0.1) is 12.1 Å². The number of rotatable bonds is 3. The van der Waals surface area contributed by atoms with E-state index in [-0.39, 0.29) is 11.9 Å². The lowest BCUT2D eigenvalue weighted by molar-refractivity contribution is -0.147. The molecule has 0 aromatic carbocycles. The third kappa shape index (κ3) is 2.84. The Morgan fingerprint density at radius 1 is 1.61 bits per heavy atom. The van der Waals surface area contributed by atoms with Gasteiger partial charge >= 0.3 is 5.97 Å². The maximum Gasteiger partial charge on any atom is 0.329 e. The van der Waals surface area contributed by atoms with Crippen molar-refractivity contribution in [3.05, 3.63) is 16.6 Å². The molecule has 1 saturated heterocycles. The Balaban J connectivity index is 2.12. The van der Waals surface area contributed by atoms with E-state index in [1.807, 2.05) is 0 Å². The summed E-state index contributed by atoms with van der Waals surface area (Å²) in [5, 5.41) is 1.70. The number of aromatic nitrogens is 1. The largest absolute Gasteiger partial charge is 0.464 e. The zero-order valence-corrected chi connectivity index (χ0v) is 11.6. The Morgan fingerprint density at radius 3 is 3.11 bits per heavy atom. The van der Waals surface area contributed by atoms with Gasteiger partial charge in [-0.15, -0.1) is 11.3 Å².